The number of aromatic nitrogens is 2. The Labute approximate surface area is 110 Å². The quantitative estimate of drug-likeness (QED) is 0.909. The molecule has 5 nitrogen and oxygen atoms in total. The van der Waals surface area contributed by atoms with Gasteiger partial charge in [0, 0.05) is 5.69 Å². The van der Waals surface area contributed by atoms with Crippen LogP contribution in [0.3, 0.4) is 0 Å². The highest BCUT2D eigenvalue weighted by Crippen LogP contribution is 2.18. The van der Waals surface area contributed by atoms with Crippen molar-refractivity contribution in [2.24, 2.45) is 0 Å². The molecule has 1 aromatic heterocycles. The van der Waals surface area contributed by atoms with Crippen molar-refractivity contribution in [3.63, 3.8) is 0 Å². The predicted molar refractivity (Wildman–Crippen MR) is 69.2 cm³/mol. The molecule has 1 N–H and O–H groups in total. The van der Waals surface area contributed by atoms with Crippen LogP contribution in [-0.2, 0) is 6.42 Å². The Bertz CT molecular complexity index is 653. The van der Waals surface area contributed by atoms with Gasteiger partial charge in [0.25, 0.3) is 0 Å². The minimum atomic E-state index is -1.06. The summed E-state index contributed by atoms with van der Waals surface area (Å²) >= 11 is 0. The number of carboxylic acids is 1. The molecule has 1 aromatic carbocycles. The monoisotopic (exact) mass is 255 g/mol. The molecule has 0 saturated carbocycles. The molecule has 0 amide bonds. The zero-order chi connectivity index (χ0) is 13.8. The van der Waals surface area contributed by atoms with Gasteiger partial charge in [0.1, 0.15) is 6.07 Å². The third-order valence-corrected chi connectivity index (χ3v) is 2.76. The van der Waals surface area contributed by atoms with E-state index in [0.29, 0.717) is 17.7 Å². The zero-order valence-corrected chi connectivity index (χ0v) is 10.5. The Morgan fingerprint density at radius 1 is 1.47 bits per heavy atom. The van der Waals surface area contributed by atoms with Crippen LogP contribution in [0.25, 0.3) is 5.69 Å². The third-order valence-electron chi connectivity index (χ3n) is 2.76. The van der Waals surface area contributed by atoms with Gasteiger partial charge in [0.15, 0.2) is 5.69 Å². The molecule has 0 aliphatic heterocycles. The van der Waals surface area contributed by atoms with Crippen LogP contribution in [0.4, 0.5) is 0 Å². The minimum absolute atomic E-state index is 0.00353. The summed E-state index contributed by atoms with van der Waals surface area (Å²) in [5.41, 5.74) is 1.87. The molecular weight excluding hydrogens is 242 g/mol. The van der Waals surface area contributed by atoms with Crippen molar-refractivity contribution in [3.8, 4) is 11.8 Å². The molecule has 2 rings (SSSR count). The number of hydrogen-bond acceptors (Lipinski definition) is 3. The van der Waals surface area contributed by atoms with E-state index in [0.717, 1.165) is 12.1 Å². The van der Waals surface area contributed by atoms with Gasteiger partial charge in [-0.05, 0) is 24.6 Å². The summed E-state index contributed by atoms with van der Waals surface area (Å²) in [5, 5.41) is 22.2. The SMILES string of the molecule is CCCc1cc(C(=O)O)nn1-c1ccccc1C#N. The highest BCUT2D eigenvalue weighted by atomic mass is 16.4. The Balaban J connectivity index is 2.60. The molecule has 19 heavy (non-hydrogen) atoms. The molecule has 0 fully saturated rings. The molecule has 0 bridgehead atoms. The summed E-state index contributed by atoms with van der Waals surface area (Å²) in [6.45, 7) is 2.01. The highest BCUT2D eigenvalue weighted by Gasteiger charge is 2.15. The standard InChI is InChI=1S/C14H13N3O2/c1-2-5-11-8-12(14(18)19)16-17(11)13-7-4-3-6-10(13)9-15/h3-4,6-8H,2,5H2,1H3,(H,18,19). The van der Waals surface area contributed by atoms with Crippen molar-refractivity contribution < 1.29 is 9.90 Å². The second kappa shape index (κ2) is 5.36. The third kappa shape index (κ3) is 2.47. The van der Waals surface area contributed by atoms with Crippen molar-refractivity contribution in [1.82, 2.24) is 9.78 Å². The average Bonchev–Trinajstić information content (AvgIpc) is 2.83. The van der Waals surface area contributed by atoms with Gasteiger partial charge >= 0.3 is 5.97 Å². The molecule has 0 atom stereocenters. The molecule has 0 unspecified atom stereocenters. The normalized spacial score (nSPS) is 10.1. The van der Waals surface area contributed by atoms with Gasteiger partial charge in [-0.25, -0.2) is 9.48 Å². The van der Waals surface area contributed by atoms with Gasteiger partial charge in [-0.2, -0.15) is 10.4 Å². The van der Waals surface area contributed by atoms with Gasteiger partial charge in [-0.15, -0.1) is 0 Å². The first-order chi connectivity index (χ1) is 9.17. The maximum Gasteiger partial charge on any atom is 0.356 e. The Hall–Kier alpha value is -2.61. The Morgan fingerprint density at radius 2 is 2.21 bits per heavy atom. The summed E-state index contributed by atoms with van der Waals surface area (Å²) in [7, 11) is 0. The Kier molecular flexibility index (Phi) is 3.62. The topological polar surface area (TPSA) is 78.9 Å². The summed E-state index contributed by atoms with van der Waals surface area (Å²) in [6.07, 6.45) is 1.58. The van der Waals surface area contributed by atoms with E-state index >= 15 is 0 Å². The van der Waals surface area contributed by atoms with Crippen LogP contribution < -0.4 is 0 Å². The summed E-state index contributed by atoms with van der Waals surface area (Å²) in [5.74, 6) is -1.06. The molecule has 0 aliphatic rings. The molecule has 5 heteroatoms. The van der Waals surface area contributed by atoms with E-state index in [4.69, 9.17) is 10.4 Å². The maximum absolute atomic E-state index is 11.0. The second-order valence-electron chi connectivity index (χ2n) is 4.12. The van der Waals surface area contributed by atoms with Gasteiger partial charge in [-0.1, -0.05) is 25.5 Å². The number of aromatic carboxylic acids is 1. The second-order valence-corrected chi connectivity index (χ2v) is 4.12. The lowest BCUT2D eigenvalue weighted by Crippen LogP contribution is -2.05. The number of rotatable bonds is 4. The maximum atomic E-state index is 11.0. The van der Waals surface area contributed by atoms with E-state index in [2.05, 4.69) is 11.2 Å². The summed E-state index contributed by atoms with van der Waals surface area (Å²) in [6, 6.07) is 10.7. The lowest BCUT2D eigenvalue weighted by Gasteiger charge is -2.07. The molecule has 0 saturated heterocycles. The average molecular weight is 255 g/mol. The van der Waals surface area contributed by atoms with E-state index in [1.54, 1.807) is 35.0 Å². The zero-order valence-electron chi connectivity index (χ0n) is 10.5. The van der Waals surface area contributed by atoms with Crippen LogP contribution in [-0.4, -0.2) is 20.9 Å². The number of carbonyl (C=O) groups is 1. The molecule has 0 aliphatic carbocycles. The lowest BCUT2D eigenvalue weighted by atomic mass is 10.2. The molecular formula is C14H13N3O2. The van der Waals surface area contributed by atoms with Crippen LogP contribution in [0.5, 0.6) is 0 Å². The van der Waals surface area contributed by atoms with Crippen molar-refractivity contribution >= 4 is 5.97 Å². The number of para-hydroxylation sites is 1. The van der Waals surface area contributed by atoms with Crippen LogP contribution in [0.1, 0.15) is 35.1 Å². The van der Waals surface area contributed by atoms with Crippen LogP contribution in [0, 0.1) is 11.3 Å². The van der Waals surface area contributed by atoms with E-state index in [9.17, 15) is 4.79 Å². The first-order valence-corrected chi connectivity index (χ1v) is 5.99. The minimum Gasteiger partial charge on any atom is -0.476 e. The fourth-order valence-electron chi connectivity index (χ4n) is 1.92. The van der Waals surface area contributed by atoms with Crippen molar-refractivity contribution in [2.45, 2.75) is 19.8 Å². The molecule has 1 heterocycles. The van der Waals surface area contributed by atoms with Crippen molar-refractivity contribution in [3.05, 3.63) is 47.3 Å². The first kappa shape index (κ1) is 12.8. The fourth-order valence-corrected chi connectivity index (χ4v) is 1.92. The highest BCUT2D eigenvalue weighted by molar-refractivity contribution is 5.85. The van der Waals surface area contributed by atoms with E-state index in [1.807, 2.05) is 6.92 Å². The van der Waals surface area contributed by atoms with Crippen molar-refractivity contribution in [2.75, 3.05) is 0 Å². The first-order valence-electron chi connectivity index (χ1n) is 5.99. The lowest BCUT2D eigenvalue weighted by molar-refractivity contribution is 0.0690. The van der Waals surface area contributed by atoms with E-state index in [1.165, 1.54) is 0 Å². The van der Waals surface area contributed by atoms with Crippen LogP contribution in [0.15, 0.2) is 30.3 Å². The summed E-state index contributed by atoms with van der Waals surface area (Å²) in [4.78, 5) is 11.0. The molecule has 0 radical (unpaired) electrons. The van der Waals surface area contributed by atoms with E-state index in [-0.39, 0.29) is 5.69 Å². The smallest absolute Gasteiger partial charge is 0.356 e. The van der Waals surface area contributed by atoms with Gasteiger partial charge < -0.3 is 5.11 Å². The molecule has 0 spiro atoms. The van der Waals surface area contributed by atoms with Gasteiger partial charge in [0.2, 0.25) is 0 Å². The predicted octanol–water partition coefficient (Wildman–Crippen LogP) is 2.39. The number of carboxylic acid groups (broad SMARTS) is 1. The van der Waals surface area contributed by atoms with Crippen LogP contribution in [0.2, 0.25) is 0 Å². The molecule has 2 aromatic rings. The van der Waals surface area contributed by atoms with Crippen molar-refractivity contribution in [1.29, 1.82) is 5.26 Å². The Morgan fingerprint density at radius 3 is 2.84 bits per heavy atom. The summed E-state index contributed by atoms with van der Waals surface area (Å²) < 4.78 is 1.55. The number of hydrogen-bond donors (Lipinski definition) is 1. The van der Waals surface area contributed by atoms with Gasteiger partial charge in [0.05, 0.1) is 11.3 Å². The molecule has 96 valence electrons. The number of aryl methyl sites for hydroxylation is 1. The fraction of sp³-hybridized carbons (Fsp3) is 0.214. The van der Waals surface area contributed by atoms with Gasteiger partial charge in [-0.3, -0.25) is 0 Å². The number of nitrogens with zero attached hydrogens (tertiary/aromatic N) is 3. The van der Waals surface area contributed by atoms with Crippen LogP contribution >= 0.6 is 0 Å². The van der Waals surface area contributed by atoms with E-state index < -0.39 is 5.97 Å². The largest absolute Gasteiger partial charge is 0.476 e. The number of benzene rings is 1. The number of nitriles is 1.